The number of nitrogens with one attached hydrogen (secondary N) is 1. The lowest BCUT2D eigenvalue weighted by Crippen LogP contribution is -2.51. The number of hydrogen-bond acceptors (Lipinski definition) is 6. The molecule has 10 heteroatoms. The summed E-state index contributed by atoms with van der Waals surface area (Å²) in [5.74, 6) is -4.12. The maximum absolute atomic E-state index is 14.7. The number of fused-ring (bicyclic) bond motifs is 1. The summed E-state index contributed by atoms with van der Waals surface area (Å²) >= 11 is 5.85. The monoisotopic (exact) mass is 412 g/mol. The smallest absolute Gasteiger partial charge is 0.310 e. The molecule has 1 aromatic carbocycles. The Labute approximate surface area is 163 Å². The van der Waals surface area contributed by atoms with E-state index in [2.05, 4.69) is 20.0 Å². The lowest BCUT2D eigenvalue weighted by atomic mass is 9.84. The van der Waals surface area contributed by atoms with Gasteiger partial charge in [-0.1, -0.05) is 11.6 Å². The maximum atomic E-state index is 14.7. The predicted molar refractivity (Wildman–Crippen MR) is 97.4 cm³/mol. The van der Waals surface area contributed by atoms with E-state index in [1.165, 1.54) is 12.3 Å². The molecule has 0 bridgehead atoms. The van der Waals surface area contributed by atoms with Gasteiger partial charge < -0.3 is 20.5 Å². The van der Waals surface area contributed by atoms with Crippen LogP contribution in [0, 0.1) is 5.82 Å². The van der Waals surface area contributed by atoms with Crippen molar-refractivity contribution in [2.24, 2.45) is 10.7 Å². The van der Waals surface area contributed by atoms with Gasteiger partial charge in [0.1, 0.15) is 24.2 Å². The molecule has 0 amide bonds. The lowest BCUT2D eigenvalue weighted by Gasteiger charge is -2.38. The maximum Gasteiger partial charge on any atom is 0.310 e. The van der Waals surface area contributed by atoms with Crippen LogP contribution in [0.5, 0.6) is 5.75 Å². The lowest BCUT2D eigenvalue weighted by molar-refractivity contribution is -0.117. The molecule has 0 radical (unpaired) electrons. The highest BCUT2D eigenvalue weighted by Crippen LogP contribution is 2.47. The Morgan fingerprint density at radius 2 is 2.07 bits per heavy atom. The molecule has 148 valence electrons. The van der Waals surface area contributed by atoms with Crippen molar-refractivity contribution in [3.8, 4) is 5.75 Å². The van der Waals surface area contributed by atoms with Gasteiger partial charge in [-0.25, -0.2) is 9.38 Å². The van der Waals surface area contributed by atoms with Crippen LogP contribution in [0.15, 0.2) is 35.5 Å². The SMILES string of the molecule is CC1(c2cc3c(cc2F)OCC(c2ccc(Cl)cn2)N3)N=C(N)OCC1(F)F. The number of nitrogens with two attached hydrogens (primary N) is 1. The van der Waals surface area contributed by atoms with E-state index in [-0.39, 0.29) is 24.0 Å². The Bertz CT molecular complexity index is 955. The van der Waals surface area contributed by atoms with Crippen molar-refractivity contribution < 1.29 is 22.6 Å². The number of benzene rings is 1. The number of hydrogen-bond donors (Lipinski definition) is 2. The van der Waals surface area contributed by atoms with Crippen molar-refractivity contribution in [2.45, 2.75) is 24.4 Å². The third-order valence-electron chi connectivity index (χ3n) is 4.88. The van der Waals surface area contributed by atoms with Gasteiger partial charge in [-0.3, -0.25) is 4.98 Å². The molecule has 0 saturated heterocycles. The van der Waals surface area contributed by atoms with Crippen LogP contribution in [-0.2, 0) is 10.3 Å². The number of rotatable bonds is 2. The van der Waals surface area contributed by atoms with Crippen molar-refractivity contribution in [2.75, 3.05) is 18.5 Å². The van der Waals surface area contributed by atoms with Gasteiger partial charge in [0.05, 0.1) is 16.4 Å². The topological polar surface area (TPSA) is 81.8 Å². The number of amidine groups is 1. The highest BCUT2D eigenvalue weighted by molar-refractivity contribution is 6.30. The minimum absolute atomic E-state index is 0.187. The van der Waals surface area contributed by atoms with Crippen molar-refractivity contribution in [1.82, 2.24) is 4.98 Å². The quantitative estimate of drug-likeness (QED) is 0.787. The van der Waals surface area contributed by atoms with Crippen molar-refractivity contribution >= 4 is 23.3 Å². The average molecular weight is 413 g/mol. The largest absolute Gasteiger partial charge is 0.489 e. The molecule has 4 rings (SSSR count). The third kappa shape index (κ3) is 2.99. The number of aliphatic imine (C=N–C) groups is 1. The van der Waals surface area contributed by atoms with Gasteiger partial charge in [0.15, 0.2) is 12.1 Å². The van der Waals surface area contributed by atoms with E-state index in [0.29, 0.717) is 16.4 Å². The molecule has 0 saturated carbocycles. The summed E-state index contributed by atoms with van der Waals surface area (Å²) in [7, 11) is 0. The number of pyridine rings is 1. The van der Waals surface area contributed by atoms with Crippen LogP contribution in [0.2, 0.25) is 5.02 Å². The Balaban J connectivity index is 1.74. The van der Waals surface area contributed by atoms with E-state index in [0.717, 1.165) is 13.0 Å². The summed E-state index contributed by atoms with van der Waals surface area (Å²) in [6, 6.07) is 4.95. The Morgan fingerprint density at radius 3 is 2.79 bits per heavy atom. The van der Waals surface area contributed by atoms with Crippen molar-refractivity contribution in [3.05, 3.63) is 52.6 Å². The molecule has 6 nitrogen and oxygen atoms in total. The fourth-order valence-corrected chi connectivity index (χ4v) is 3.32. The zero-order valence-corrected chi connectivity index (χ0v) is 15.4. The van der Waals surface area contributed by atoms with E-state index in [1.807, 2.05) is 0 Å². The van der Waals surface area contributed by atoms with Crippen LogP contribution < -0.4 is 15.8 Å². The van der Waals surface area contributed by atoms with Gasteiger partial charge >= 0.3 is 5.92 Å². The number of anilines is 1. The van der Waals surface area contributed by atoms with Crippen LogP contribution in [-0.4, -0.2) is 30.1 Å². The van der Waals surface area contributed by atoms with Crippen LogP contribution in [0.4, 0.5) is 18.9 Å². The highest BCUT2D eigenvalue weighted by atomic mass is 35.5. The summed E-state index contributed by atoms with van der Waals surface area (Å²) < 4.78 is 54.1. The molecular formula is C18H16ClF3N4O2. The minimum atomic E-state index is -3.46. The molecule has 28 heavy (non-hydrogen) atoms. The van der Waals surface area contributed by atoms with Crippen LogP contribution in [0.3, 0.4) is 0 Å². The standard InChI is InChI=1S/C18H16ClF3N4O2/c1-17(18(21,22)8-28-16(23)26-17)10-4-13-15(5-11(10)20)27-7-14(25-13)12-3-2-9(19)6-24-12/h2-6,14,25H,7-8H2,1H3,(H2,23,26). The second-order valence-electron chi connectivity index (χ2n) is 6.75. The van der Waals surface area contributed by atoms with E-state index >= 15 is 0 Å². The summed E-state index contributed by atoms with van der Waals surface area (Å²) in [6.07, 6.45) is 1.49. The van der Waals surface area contributed by atoms with Crippen LogP contribution >= 0.6 is 11.6 Å². The molecule has 0 fully saturated rings. The normalized spacial score (nSPS) is 25.6. The zero-order valence-electron chi connectivity index (χ0n) is 14.7. The van der Waals surface area contributed by atoms with Gasteiger partial charge in [0, 0.05) is 17.8 Å². The second-order valence-corrected chi connectivity index (χ2v) is 7.19. The summed E-state index contributed by atoms with van der Waals surface area (Å²) in [6.45, 7) is 0.318. The predicted octanol–water partition coefficient (Wildman–Crippen LogP) is 3.62. The van der Waals surface area contributed by atoms with Crippen molar-refractivity contribution in [1.29, 1.82) is 0 Å². The first-order valence-corrected chi connectivity index (χ1v) is 8.78. The molecule has 2 aliphatic rings. The summed E-state index contributed by atoms with van der Waals surface area (Å²) in [5, 5.41) is 3.62. The summed E-state index contributed by atoms with van der Waals surface area (Å²) in [4.78, 5) is 7.95. The molecule has 0 aliphatic carbocycles. The van der Waals surface area contributed by atoms with Gasteiger partial charge in [-0.15, -0.1) is 0 Å². The van der Waals surface area contributed by atoms with E-state index in [9.17, 15) is 13.2 Å². The first-order chi connectivity index (χ1) is 13.2. The fourth-order valence-electron chi connectivity index (χ4n) is 3.21. The molecular weight excluding hydrogens is 397 g/mol. The molecule has 2 unspecified atom stereocenters. The first kappa shape index (κ1) is 18.7. The number of aromatic nitrogens is 1. The molecule has 3 heterocycles. The van der Waals surface area contributed by atoms with Gasteiger partial charge in [-0.2, -0.15) is 8.78 Å². The number of ether oxygens (including phenoxy) is 2. The molecule has 1 aromatic heterocycles. The zero-order chi connectivity index (χ0) is 20.1. The molecule has 2 aliphatic heterocycles. The molecule has 3 N–H and O–H groups in total. The number of nitrogens with zero attached hydrogens (tertiary/aromatic N) is 2. The molecule has 2 atom stereocenters. The van der Waals surface area contributed by atoms with Gasteiger partial charge in [0.2, 0.25) is 0 Å². The third-order valence-corrected chi connectivity index (χ3v) is 5.11. The molecule has 0 spiro atoms. The first-order valence-electron chi connectivity index (χ1n) is 8.40. The van der Waals surface area contributed by atoms with Gasteiger partial charge in [-0.05, 0) is 25.1 Å². The van der Waals surface area contributed by atoms with E-state index in [4.69, 9.17) is 22.1 Å². The van der Waals surface area contributed by atoms with E-state index < -0.39 is 29.9 Å². The Morgan fingerprint density at radius 1 is 1.29 bits per heavy atom. The highest BCUT2D eigenvalue weighted by Gasteiger charge is 2.56. The average Bonchev–Trinajstić information content (AvgIpc) is 2.65. The fraction of sp³-hybridized carbons (Fsp3) is 0.333. The van der Waals surface area contributed by atoms with Gasteiger partial charge in [0.25, 0.3) is 6.02 Å². The second kappa shape index (κ2) is 6.44. The van der Waals surface area contributed by atoms with Crippen LogP contribution in [0.25, 0.3) is 0 Å². The minimum Gasteiger partial charge on any atom is -0.489 e. The van der Waals surface area contributed by atoms with Crippen LogP contribution in [0.1, 0.15) is 24.2 Å². The number of halogens is 4. The summed E-state index contributed by atoms with van der Waals surface area (Å²) in [5.41, 5.74) is 3.94. The van der Waals surface area contributed by atoms with E-state index in [1.54, 1.807) is 12.1 Å². The number of alkyl halides is 2. The van der Waals surface area contributed by atoms with Crippen molar-refractivity contribution in [3.63, 3.8) is 0 Å². The Hall–Kier alpha value is -2.68. The Kier molecular flexibility index (Phi) is 4.29. The molecule has 2 aromatic rings.